The minimum absolute atomic E-state index is 0.0631. The maximum atomic E-state index is 12.2. The van der Waals surface area contributed by atoms with Gasteiger partial charge in [0.1, 0.15) is 11.5 Å². The second-order valence-corrected chi connectivity index (χ2v) is 6.54. The molecule has 3 aromatic rings. The molecule has 0 radical (unpaired) electrons. The van der Waals surface area contributed by atoms with E-state index in [1.165, 1.54) is 11.8 Å². The number of nitrogens with one attached hydrogen (secondary N) is 2. The zero-order valence-corrected chi connectivity index (χ0v) is 14.4. The van der Waals surface area contributed by atoms with Crippen molar-refractivity contribution in [3.63, 3.8) is 0 Å². The molecule has 1 atom stereocenters. The van der Waals surface area contributed by atoms with Gasteiger partial charge in [-0.3, -0.25) is 4.79 Å². The predicted molar refractivity (Wildman–Crippen MR) is 93.1 cm³/mol. The van der Waals surface area contributed by atoms with E-state index in [0.717, 1.165) is 22.5 Å². The number of benzene rings is 1. The number of amides is 1. The molecule has 0 aliphatic heterocycles. The highest BCUT2D eigenvalue weighted by atomic mass is 32.2. The van der Waals surface area contributed by atoms with Crippen LogP contribution in [0.4, 0.5) is 0 Å². The van der Waals surface area contributed by atoms with Crippen LogP contribution in [0.3, 0.4) is 0 Å². The number of aromatic nitrogens is 2. The van der Waals surface area contributed by atoms with Gasteiger partial charge in [-0.1, -0.05) is 11.8 Å². The Hall–Kier alpha value is -2.41. The van der Waals surface area contributed by atoms with Crippen LogP contribution >= 0.6 is 11.8 Å². The summed E-state index contributed by atoms with van der Waals surface area (Å²) in [5.74, 6) is 1.47. The van der Waals surface area contributed by atoms with Crippen LogP contribution in [-0.2, 0) is 11.3 Å². The minimum atomic E-state index is -0.271. The Morgan fingerprint density at radius 1 is 1.46 bits per heavy atom. The van der Waals surface area contributed by atoms with Crippen LogP contribution in [0.25, 0.3) is 11.0 Å². The number of carbonyl (C=O) groups is 1. The van der Waals surface area contributed by atoms with Gasteiger partial charge in [0, 0.05) is 6.07 Å². The second-order valence-electron chi connectivity index (χ2n) is 5.21. The Bertz CT molecular complexity index is 814. The fraction of sp³-hybridized carbons (Fsp3) is 0.294. The fourth-order valence-corrected chi connectivity index (χ4v) is 3.07. The highest BCUT2D eigenvalue weighted by Gasteiger charge is 2.16. The van der Waals surface area contributed by atoms with Gasteiger partial charge in [-0.15, -0.1) is 0 Å². The largest absolute Gasteiger partial charge is 0.494 e. The summed E-state index contributed by atoms with van der Waals surface area (Å²) in [5, 5.41) is 3.29. The zero-order chi connectivity index (χ0) is 16.9. The Morgan fingerprint density at radius 3 is 3.08 bits per heavy atom. The summed E-state index contributed by atoms with van der Waals surface area (Å²) in [4.78, 5) is 19.9. The molecule has 0 bridgehead atoms. The molecule has 2 aromatic heterocycles. The predicted octanol–water partition coefficient (Wildman–Crippen LogP) is 3.35. The molecule has 0 aliphatic rings. The third-order valence-electron chi connectivity index (χ3n) is 3.42. The van der Waals surface area contributed by atoms with Crippen molar-refractivity contribution in [1.29, 1.82) is 0 Å². The van der Waals surface area contributed by atoms with Crippen molar-refractivity contribution in [3.05, 3.63) is 42.4 Å². The highest BCUT2D eigenvalue weighted by molar-refractivity contribution is 8.00. The molecule has 0 spiro atoms. The number of H-pyrrole nitrogens is 1. The molecule has 24 heavy (non-hydrogen) atoms. The molecule has 0 fully saturated rings. The van der Waals surface area contributed by atoms with Gasteiger partial charge in [0.2, 0.25) is 5.91 Å². The number of imidazole rings is 1. The van der Waals surface area contributed by atoms with Crippen LogP contribution in [0.1, 0.15) is 19.6 Å². The first-order valence-corrected chi connectivity index (χ1v) is 8.63. The molecule has 3 rings (SSSR count). The number of hydrogen-bond donors (Lipinski definition) is 2. The van der Waals surface area contributed by atoms with Crippen LogP contribution in [-0.4, -0.2) is 27.7 Å². The number of furan rings is 1. The van der Waals surface area contributed by atoms with E-state index in [4.69, 9.17) is 9.15 Å². The monoisotopic (exact) mass is 345 g/mol. The molecule has 1 aromatic carbocycles. The van der Waals surface area contributed by atoms with Crippen LogP contribution in [0.5, 0.6) is 5.75 Å². The van der Waals surface area contributed by atoms with Crippen LogP contribution in [0.2, 0.25) is 0 Å². The van der Waals surface area contributed by atoms with E-state index in [9.17, 15) is 4.79 Å². The second kappa shape index (κ2) is 7.44. The molecule has 0 saturated heterocycles. The Kier molecular flexibility index (Phi) is 5.10. The average molecular weight is 345 g/mol. The topological polar surface area (TPSA) is 80.2 Å². The number of nitrogens with zero attached hydrogens (tertiary/aromatic N) is 1. The lowest BCUT2D eigenvalue weighted by atomic mass is 10.3. The quantitative estimate of drug-likeness (QED) is 0.642. The summed E-state index contributed by atoms with van der Waals surface area (Å²) in [6.45, 7) is 4.80. The van der Waals surface area contributed by atoms with Gasteiger partial charge >= 0.3 is 0 Å². The van der Waals surface area contributed by atoms with E-state index in [1.54, 1.807) is 12.3 Å². The number of carbonyl (C=O) groups excluding carboxylic acids is 1. The van der Waals surface area contributed by atoms with Crippen molar-refractivity contribution in [3.8, 4) is 5.75 Å². The van der Waals surface area contributed by atoms with E-state index in [0.29, 0.717) is 18.3 Å². The van der Waals surface area contributed by atoms with Crippen molar-refractivity contribution < 1.29 is 13.9 Å². The fourth-order valence-electron chi connectivity index (χ4n) is 2.23. The standard InChI is InChI=1S/C17H19N3O3S/c1-3-22-12-6-7-14-15(9-12)20-17(19-14)24-11(2)16(21)18-10-13-5-4-8-23-13/h4-9,11H,3,10H2,1-2H3,(H,18,21)(H,19,20). The highest BCUT2D eigenvalue weighted by Crippen LogP contribution is 2.26. The molecular formula is C17H19N3O3S. The lowest BCUT2D eigenvalue weighted by Gasteiger charge is -2.09. The normalized spacial score (nSPS) is 12.2. The number of hydrogen-bond acceptors (Lipinski definition) is 5. The van der Waals surface area contributed by atoms with E-state index >= 15 is 0 Å². The van der Waals surface area contributed by atoms with Crippen LogP contribution in [0.15, 0.2) is 46.2 Å². The van der Waals surface area contributed by atoms with Crippen molar-refractivity contribution in [2.75, 3.05) is 6.61 Å². The van der Waals surface area contributed by atoms with E-state index in [-0.39, 0.29) is 11.2 Å². The van der Waals surface area contributed by atoms with Crippen molar-refractivity contribution in [1.82, 2.24) is 15.3 Å². The maximum Gasteiger partial charge on any atom is 0.233 e. The van der Waals surface area contributed by atoms with Crippen LogP contribution in [0, 0.1) is 0 Å². The molecular weight excluding hydrogens is 326 g/mol. The summed E-state index contributed by atoms with van der Waals surface area (Å²) in [5.41, 5.74) is 1.75. The SMILES string of the molecule is CCOc1ccc2nc(SC(C)C(=O)NCc3ccco3)[nH]c2c1. The van der Waals surface area contributed by atoms with E-state index in [1.807, 2.05) is 38.1 Å². The maximum absolute atomic E-state index is 12.2. The summed E-state index contributed by atoms with van der Waals surface area (Å²) >= 11 is 1.38. The van der Waals surface area contributed by atoms with Gasteiger partial charge in [0.05, 0.1) is 35.7 Å². The van der Waals surface area contributed by atoms with Gasteiger partial charge in [-0.05, 0) is 38.1 Å². The van der Waals surface area contributed by atoms with Gasteiger partial charge in [0.15, 0.2) is 5.16 Å². The van der Waals surface area contributed by atoms with Gasteiger partial charge in [-0.25, -0.2) is 4.98 Å². The minimum Gasteiger partial charge on any atom is -0.494 e. The van der Waals surface area contributed by atoms with Crippen molar-refractivity contribution in [2.45, 2.75) is 30.8 Å². The van der Waals surface area contributed by atoms with E-state index < -0.39 is 0 Å². The smallest absolute Gasteiger partial charge is 0.233 e. The molecule has 7 heteroatoms. The summed E-state index contributed by atoms with van der Waals surface area (Å²) in [6, 6.07) is 9.33. The van der Waals surface area contributed by atoms with Crippen LogP contribution < -0.4 is 10.1 Å². The molecule has 1 unspecified atom stereocenters. The van der Waals surface area contributed by atoms with E-state index in [2.05, 4.69) is 15.3 Å². The van der Waals surface area contributed by atoms with Gasteiger partial charge < -0.3 is 19.5 Å². The number of thioether (sulfide) groups is 1. The first-order valence-electron chi connectivity index (χ1n) is 7.75. The molecule has 126 valence electrons. The number of fused-ring (bicyclic) bond motifs is 1. The lowest BCUT2D eigenvalue weighted by molar-refractivity contribution is -0.120. The Balaban J connectivity index is 1.61. The molecule has 0 saturated carbocycles. The molecule has 1 amide bonds. The Labute approximate surface area is 144 Å². The molecule has 6 nitrogen and oxygen atoms in total. The first-order chi connectivity index (χ1) is 11.7. The van der Waals surface area contributed by atoms with Crippen molar-refractivity contribution >= 4 is 28.7 Å². The zero-order valence-electron chi connectivity index (χ0n) is 13.5. The Morgan fingerprint density at radius 2 is 2.33 bits per heavy atom. The third kappa shape index (κ3) is 3.91. The number of aromatic amines is 1. The summed E-state index contributed by atoms with van der Waals surface area (Å²) in [7, 11) is 0. The summed E-state index contributed by atoms with van der Waals surface area (Å²) in [6.07, 6.45) is 1.59. The number of ether oxygens (including phenoxy) is 1. The lowest BCUT2D eigenvalue weighted by Crippen LogP contribution is -2.30. The third-order valence-corrected chi connectivity index (χ3v) is 4.40. The number of rotatable bonds is 7. The molecule has 0 aliphatic carbocycles. The molecule has 2 heterocycles. The first kappa shape index (κ1) is 16.4. The summed E-state index contributed by atoms with van der Waals surface area (Å²) < 4.78 is 10.7. The molecule has 2 N–H and O–H groups in total. The van der Waals surface area contributed by atoms with Gasteiger partial charge in [-0.2, -0.15) is 0 Å². The van der Waals surface area contributed by atoms with Crippen molar-refractivity contribution in [2.24, 2.45) is 0 Å². The average Bonchev–Trinajstić information content (AvgIpc) is 3.21. The van der Waals surface area contributed by atoms with Gasteiger partial charge in [0.25, 0.3) is 0 Å².